The first-order valence-corrected chi connectivity index (χ1v) is 12.8. The molecule has 7 heteroatoms. The van der Waals surface area contributed by atoms with E-state index in [1.807, 2.05) is 24.7 Å². The molecule has 7 rings (SSSR count). The van der Waals surface area contributed by atoms with Gasteiger partial charge in [-0.3, -0.25) is 9.59 Å². The van der Waals surface area contributed by atoms with Gasteiger partial charge in [-0.2, -0.15) is 0 Å². The molecule has 186 valence electrons. The van der Waals surface area contributed by atoms with E-state index in [1.165, 1.54) is 17.7 Å². The summed E-state index contributed by atoms with van der Waals surface area (Å²) in [6, 6.07) is 11.6. The maximum absolute atomic E-state index is 14.0. The van der Waals surface area contributed by atoms with Crippen molar-refractivity contribution in [1.82, 2.24) is 14.9 Å². The SMILES string of the molecule is O=C(CC1c2ccccc2-c2cncn21)C12CCCC(C(=O)NCc3ccc(F)cc3F)(CC1)CC2. The van der Waals surface area contributed by atoms with Crippen molar-refractivity contribution >= 4 is 11.7 Å². The maximum Gasteiger partial charge on any atom is 0.226 e. The molecule has 1 amide bonds. The predicted molar refractivity (Wildman–Crippen MR) is 131 cm³/mol. The summed E-state index contributed by atoms with van der Waals surface area (Å²) in [6.07, 6.45) is 9.20. The van der Waals surface area contributed by atoms with Crippen LogP contribution in [0.25, 0.3) is 11.3 Å². The lowest BCUT2D eigenvalue weighted by atomic mass is 9.62. The highest BCUT2D eigenvalue weighted by Gasteiger charge is 2.52. The number of hydrogen-bond donors (Lipinski definition) is 1. The summed E-state index contributed by atoms with van der Waals surface area (Å²) in [5.74, 6) is -1.09. The van der Waals surface area contributed by atoms with Crippen LogP contribution in [0.1, 0.15) is 68.5 Å². The minimum absolute atomic E-state index is 0.0328. The number of nitrogens with zero attached hydrogens (tertiary/aromatic N) is 2. The normalized spacial score (nSPS) is 26.2. The molecule has 36 heavy (non-hydrogen) atoms. The molecule has 1 aliphatic heterocycles. The second kappa shape index (κ2) is 8.64. The summed E-state index contributed by atoms with van der Waals surface area (Å²) < 4.78 is 29.3. The molecule has 0 radical (unpaired) electrons. The van der Waals surface area contributed by atoms with Crippen LogP contribution in [-0.4, -0.2) is 21.2 Å². The van der Waals surface area contributed by atoms with Crippen LogP contribution in [-0.2, 0) is 16.1 Å². The maximum atomic E-state index is 14.0. The van der Waals surface area contributed by atoms with E-state index in [-0.39, 0.29) is 35.3 Å². The molecule has 2 heterocycles. The van der Waals surface area contributed by atoms with E-state index in [9.17, 15) is 18.4 Å². The first-order chi connectivity index (χ1) is 17.4. The molecule has 0 spiro atoms. The quantitative estimate of drug-likeness (QED) is 0.481. The predicted octanol–water partition coefficient (Wildman–Crippen LogP) is 5.74. The van der Waals surface area contributed by atoms with Crippen LogP contribution in [0.15, 0.2) is 55.0 Å². The van der Waals surface area contributed by atoms with Crippen LogP contribution in [0.4, 0.5) is 8.78 Å². The smallest absolute Gasteiger partial charge is 0.226 e. The van der Waals surface area contributed by atoms with Gasteiger partial charge < -0.3 is 9.88 Å². The Bertz CT molecular complexity index is 1340. The summed E-state index contributed by atoms with van der Waals surface area (Å²) in [5, 5.41) is 2.90. The second-order valence-electron chi connectivity index (χ2n) is 10.7. The van der Waals surface area contributed by atoms with Crippen LogP contribution < -0.4 is 5.32 Å². The number of ketones is 1. The molecule has 1 atom stereocenters. The van der Waals surface area contributed by atoms with Crippen LogP contribution in [0, 0.1) is 22.5 Å². The van der Waals surface area contributed by atoms with Gasteiger partial charge in [0.15, 0.2) is 0 Å². The van der Waals surface area contributed by atoms with Crippen molar-refractivity contribution in [2.45, 2.75) is 64.0 Å². The van der Waals surface area contributed by atoms with Gasteiger partial charge in [0.05, 0.1) is 24.3 Å². The van der Waals surface area contributed by atoms with Crippen molar-refractivity contribution in [1.29, 1.82) is 0 Å². The Morgan fingerprint density at radius 1 is 1.00 bits per heavy atom. The van der Waals surface area contributed by atoms with Gasteiger partial charge >= 0.3 is 0 Å². The Labute approximate surface area is 208 Å². The zero-order chi connectivity index (χ0) is 24.9. The summed E-state index contributed by atoms with van der Waals surface area (Å²) in [6.45, 7) is 0.0328. The fourth-order valence-electron chi connectivity index (χ4n) is 6.79. The van der Waals surface area contributed by atoms with Crippen molar-refractivity contribution in [3.8, 4) is 11.3 Å². The van der Waals surface area contributed by atoms with Gasteiger partial charge in [0.2, 0.25) is 5.91 Å². The van der Waals surface area contributed by atoms with Crippen LogP contribution in [0.5, 0.6) is 0 Å². The van der Waals surface area contributed by atoms with E-state index in [4.69, 9.17) is 0 Å². The average Bonchev–Trinajstić information content (AvgIpc) is 3.33. The fraction of sp³-hybridized carbons (Fsp3) is 0.414. The van der Waals surface area contributed by atoms with Crippen molar-refractivity contribution in [3.05, 3.63) is 77.8 Å². The van der Waals surface area contributed by atoms with E-state index >= 15 is 0 Å². The standard InChI is InChI=1S/C29H29F2N3O2/c30-20-7-6-19(23(31)14-20)16-33-27(36)29-9-3-8-28(10-12-29,11-13-29)26(35)15-24-21-4-1-2-5-22(21)25-17-32-18-34(24)25/h1-2,4-7,14,17-18,24H,3,8-13,15-16H2,(H,33,36). The van der Waals surface area contributed by atoms with Gasteiger partial charge in [-0.15, -0.1) is 0 Å². The molecule has 5 nitrogen and oxygen atoms in total. The molecule has 0 saturated heterocycles. The van der Waals surface area contributed by atoms with E-state index in [1.54, 1.807) is 0 Å². The van der Waals surface area contributed by atoms with Gasteiger partial charge in [-0.1, -0.05) is 36.8 Å². The number of carbonyl (C=O) groups is 2. The van der Waals surface area contributed by atoms with Crippen molar-refractivity contribution in [3.63, 3.8) is 0 Å². The molecular weight excluding hydrogens is 460 g/mol. The minimum Gasteiger partial charge on any atom is -0.351 e. The number of rotatable bonds is 6. The molecular formula is C29H29F2N3O2. The van der Waals surface area contributed by atoms with Crippen LogP contribution >= 0.6 is 0 Å². The number of nitrogens with one attached hydrogen (secondary N) is 1. The second-order valence-corrected chi connectivity index (χ2v) is 10.7. The highest BCUT2D eigenvalue weighted by molar-refractivity contribution is 5.88. The third-order valence-electron chi connectivity index (χ3n) is 8.98. The average molecular weight is 490 g/mol. The number of Topliss-reactive ketones (excluding diaryl/α,β-unsaturated/α-hetero) is 1. The molecule has 2 aromatic carbocycles. The number of imidazole rings is 1. The highest BCUT2D eigenvalue weighted by atomic mass is 19.1. The van der Waals surface area contributed by atoms with E-state index in [2.05, 4.69) is 27.0 Å². The molecule has 1 unspecified atom stereocenters. The first-order valence-electron chi connectivity index (χ1n) is 12.8. The van der Waals surface area contributed by atoms with Gasteiger partial charge in [-0.25, -0.2) is 13.8 Å². The summed E-state index contributed by atoms with van der Waals surface area (Å²) in [5.41, 5.74) is 2.73. The zero-order valence-corrected chi connectivity index (χ0v) is 20.1. The van der Waals surface area contributed by atoms with Crippen molar-refractivity contribution < 1.29 is 18.4 Å². The van der Waals surface area contributed by atoms with E-state index in [0.717, 1.165) is 36.6 Å². The van der Waals surface area contributed by atoms with E-state index in [0.29, 0.717) is 32.1 Å². The molecule has 2 bridgehead atoms. The van der Waals surface area contributed by atoms with Gasteiger partial charge in [0, 0.05) is 41.0 Å². The Morgan fingerprint density at radius 2 is 1.75 bits per heavy atom. The number of benzene rings is 2. The van der Waals surface area contributed by atoms with Gasteiger partial charge in [0.1, 0.15) is 17.4 Å². The molecule has 3 fully saturated rings. The Hall–Kier alpha value is -3.35. The number of aromatic nitrogens is 2. The number of amides is 1. The van der Waals surface area contributed by atoms with E-state index < -0.39 is 17.0 Å². The lowest BCUT2D eigenvalue weighted by Crippen LogP contribution is -2.45. The summed E-state index contributed by atoms with van der Waals surface area (Å²) >= 11 is 0. The Kier molecular flexibility index (Phi) is 5.54. The molecule has 1 aromatic heterocycles. The Balaban J connectivity index is 1.15. The lowest BCUT2D eigenvalue weighted by Gasteiger charge is -2.41. The monoisotopic (exact) mass is 489 g/mol. The minimum atomic E-state index is -0.656. The largest absolute Gasteiger partial charge is 0.351 e. The lowest BCUT2D eigenvalue weighted by molar-refractivity contribution is -0.139. The fourth-order valence-corrected chi connectivity index (χ4v) is 6.79. The third kappa shape index (κ3) is 3.67. The third-order valence-corrected chi connectivity index (χ3v) is 8.98. The van der Waals surface area contributed by atoms with Crippen molar-refractivity contribution in [2.75, 3.05) is 0 Å². The molecule has 3 aliphatic carbocycles. The summed E-state index contributed by atoms with van der Waals surface area (Å²) in [4.78, 5) is 31.5. The number of carbonyl (C=O) groups excluding carboxylic acids is 2. The molecule has 3 aromatic rings. The van der Waals surface area contributed by atoms with Gasteiger partial charge in [0.25, 0.3) is 0 Å². The zero-order valence-electron chi connectivity index (χ0n) is 20.1. The number of fused-ring (bicyclic) bond motifs is 7. The summed E-state index contributed by atoms with van der Waals surface area (Å²) in [7, 11) is 0. The van der Waals surface area contributed by atoms with Crippen LogP contribution in [0.2, 0.25) is 0 Å². The molecule has 1 N–H and O–H groups in total. The molecule has 4 aliphatic rings. The molecule has 3 saturated carbocycles. The van der Waals surface area contributed by atoms with Crippen molar-refractivity contribution in [2.24, 2.45) is 10.8 Å². The van der Waals surface area contributed by atoms with Crippen LogP contribution in [0.3, 0.4) is 0 Å². The Morgan fingerprint density at radius 3 is 2.56 bits per heavy atom. The topological polar surface area (TPSA) is 64.0 Å². The highest BCUT2D eigenvalue weighted by Crippen LogP contribution is 2.56. The first kappa shape index (κ1) is 23.1. The number of halogens is 2. The number of hydrogen-bond acceptors (Lipinski definition) is 3. The van der Waals surface area contributed by atoms with Gasteiger partial charge in [-0.05, 0) is 50.2 Å².